The first-order valence-electron chi connectivity index (χ1n) is 7.73. The van der Waals surface area contributed by atoms with E-state index in [2.05, 4.69) is 10.3 Å². The lowest BCUT2D eigenvalue weighted by atomic mass is 10.1. The number of halogens is 1. The minimum absolute atomic E-state index is 0.0352. The molecule has 0 saturated heterocycles. The second-order valence-corrected chi connectivity index (χ2v) is 6.91. The summed E-state index contributed by atoms with van der Waals surface area (Å²) >= 11 is 7.20. The first-order chi connectivity index (χ1) is 11.6. The number of carbonyl (C=O) groups is 2. The van der Waals surface area contributed by atoms with Crippen LogP contribution in [0.4, 0.5) is 5.13 Å². The topological polar surface area (TPSA) is 68.3 Å². The molecule has 0 radical (unpaired) electrons. The van der Waals surface area contributed by atoms with E-state index in [0.717, 1.165) is 12.0 Å². The highest BCUT2D eigenvalue weighted by Crippen LogP contribution is 2.48. The van der Waals surface area contributed by atoms with Gasteiger partial charge in [-0.25, -0.2) is 4.98 Å². The molecule has 1 aromatic heterocycles. The van der Waals surface area contributed by atoms with Crippen molar-refractivity contribution in [3.05, 3.63) is 45.9 Å². The van der Waals surface area contributed by atoms with Gasteiger partial charge in [0.05, 0.1) is 18.7 Å². The molecule has 1 amide bonds. The lowest BCUT2D eigenvalue weighted by Gasteiger charge is -2.02. The normalized spacial score (nSPS) is 18.9. The number of ether oxygens (including phenoxy) is 1. The maximum absolute atomic E-state index is 12.3. The van der Waals surface area contributed by atoms with Gasteiger partial charge in [-0.05, 0) is 37.0 Å². The SMILES string of the molecule is CCOC(=O)Cc1csc(NC(=O)C2CC2c2ccc(Cl)cc2)n1. The number of nitrogens with zero attached hydrogens (tertiary/aromatic N) is 1. The zero-order chi connectivity index (χ0) is 17.1. The number of thiazole rings is 1. The van der Waals surface area contributed by atoms with Gasteiger partial charge in [0.2, 0.25) is 5.91 Å². The lowest BCUT2D eigenvalue weighted by Crippen LogP contribution is -2.14. The fraction of sp³-hybridized carbons (Fsp3) is 0.353. The Morgan fingerprint density at radius 1 is 1.38 bits per heavy atom. The molecular weight excluding hydrogens is 348 g/mol. The Morgan fingerprint density at radius 2 is 2.12 bits per heavy atom. The van der Waals surface area contributed by atoms with E-state index >= 15 is 0 Å². The van der Waals surface area contributed by atoms with Gasteiger partial charge in [-0.3, -0.25) is 9.59 Å². The maximum atomic E-state index is 12.3. The molecule has 1 aromatic carbocycles. The van der Waals surface area contributed by atoms with E-state index in [0.29, 0.717) is 22.5 Å². The minimum atomic E-state index is -0.314. The molecule has 1 N–H and O–H groups in total. The Kier molecular flexibility index (Phi) is 5.16. The molecule has 5 nitrogen and oxygen atoms in total. The Labute approximate surface area is 149 Å². The molecule has 24 heavy (non-hydrogen) atoms. The summed E-state index contributed by atoms with van der Waals surface area (Å²) in [5, 5.41) is 5.80. The molecule has 0 spiro atoms. The quantitative estimate of drug-likeness (QED) is 0.794. The number of hydrogen-bond acceptors (Lipinski definition) is 5. The summed E-state index contributed by atoms with van der Waals surface area (Å²) in [4.78, 5) is 28.0. The van der Waals surface area contributed by atoms with Crippen molar-refractivity contribution < 1.29 is 14.3 Å². The average Bonchev–Trinajstić information content (AvgIpc) is 3.24. The zero-order valence-corrected chi connectivity index (χ0v) is 14.7. The number of rotatable bonds is 6. The van der Waals surface area contributed by atoms with Gasteiger partial charge in [-0.1, -0.05) is 23.7 Å². The lowest BCUT2D eigenvalue weighted by molar-refractivity contribution is -0.142. The fourth-order valence-electron chi connectivity index (χ4n) is 2.57. The molecule has 126 valence electrons. The molecule has 2 unspecified atom stereocenters. The average molecular weight is 365 g/mol. The van der Waals surface area contributed by atoms with Crippen LogP contribution in [0.2, 0.25) is 5.02 Å². The summed E-state index contributed by atoms with van der Waals surface area (Å²) in [5.74, 6) is -0.150. The van der Waals surface area contributed by atoms with Crippen molar-refractivity contribution >= 4 is 39.9 Å². The van der Waals surface area contributed by atoms with E-state index < -0.39 is 0 Å². The van der Waals surface area contributed by atoms with Gasteiger partial charge < -0.3 is 10.1 Å². The molecule has 1 aliphatic carbocycles. The van der Waals surface area contributed by atoms with E-state index in [4.69, 9.17) is 16.3 Å². The number of amides is 1. The van der Waals surface area contributed by atoms with Crippen LogP contribution >= 0.6 is 22.9 Å². The minimum Gasteiger partial charge on any atom is -0.466 e. The van der Waals surface area contributed by atoms with E-state index in [1.165, 1.54) is 11.3 Å². The Hall–Kier alpha value is -1.92. The van der Waals surface area contributed by atoms with Crippen LogP contribution in [0.25, 0.3) is 0 Å². The number of hydrogen-bond donors (Lipinski definition) is 1. The predicted octanol–water partition coefficient (Wildman–Crippen LogP) is 3.64. The second kappa shape index (κ2) is 7.32. The summed E-state index contributed by atoms with van der Waals surface area (Å²) < 4.78 is 4.88. The van der Waals surface area contributed by atoms with Crippen LogP contribution < -0.4 is 5.32 Å². The summed E-state index contributed by atoms with van der Waals surface area (Å²) in [6, 6.07) is 7.60. The molecule has 7 heteroatoms. The summed E-state index contributed by atoms with van der Waals surface area (Å²) in [6.45, 7) is 2.11. The standard InChI is InChI=1S/C17H17ClN2O3S/c1-2-23-15(21)7-12-9-24-17(19-12)20-16(22)14-8-13(14)10-3-5-11(18)6-4-10/h3-6,9,13-14H,2,7-8H2,1H3,(H,19,20,22). The number of benzene rings is 1. The number of carbonyl (C=O) groups excluding carboxylic acids is 2. The first-order valence-corrected chi connectivity index (χ1v) is 8.99. The second-order valence-electron chi connectivity index (χ2n) is 5.62. The van der Waals surface area contributed by atoms with Crippen LogP contribution in [-0.2, 0) is 20.7 Å². The van der Waals surface area contributed by atoms with E-state index in [1.807, 2.05) is 24.3 Å². The van der Waals surface area contributed by atoms with E-state index in [1.54, 1.807) is 12.3 Å². The number of anilines is 1. The number of nitrogens with one attached hydrogen (secondary N) is 1. The van der Waals surface area contributed by atoms with Crippen molar-refractivity contribution in [2.24, 2.45) is 5.92 Å². The molecule has 1 fully saturated rings. The summed E-state index contributed by atoms with van der Waals surface area (Å²) in [5.41, 5.74) is 1.74. The van der Waals surface area contributed by atoms with Crippen molar-refractivity contribution in [2.45, 2.75) is 25.7 Å². The largest absolute Gasteiger partial charge is 0.466 e. The van der Waals surface area contributed by atoms with Gasteiger partial charge in [-0.15, -0.1) is 11.3 Å². The Balaban J connectivity index is 1.54. The number of aromatic nitrogens is 1. The zero-order valence-electron chi connectivity index (χ0n) is 13.1. The maximum Gasteiger partial charge on any atom is 0.311 e. The molecule has 1 saturated carbocycles. The van der Waals surface area contributed by atoms with Gasteiger partial charge in [0, 0.05) is 16.3 Å². The molecule has 2 atom stereocenters. The van der Waals surface area contributed by atoms with Gasteiger partial charge in [0.1, 0.15) is 0 Å². The Morgan fingerprint density at radius 3 is 2.83 bits per heavy atom. The molecule has 0 aliphatic heterocycles. The smallest absolute Gasteiger partial charge is 0.311 e. The van der Waals surface area contributed by atoms with Crippen LogP contribution in [0.15, 0.2) is 29.6 Å². The first kappa shape index (κ1) is 16.9. The molecular formula is C17H17ClN2O3S. The molecule has 0 bridgehead atoms. The third-order valence-corrected chi connectivity index (χ3v) is 4.90. The number of esters is 1. The van der Waals surface area contributed by atoms with Crippen molar-refractivity contribution in [2.75, 3.05) is 11.9 Å². The van der Waals surface area contributed by atoms with Gasteiger partial charge >= 0.3 is 5.97 Å². The van der Waals surface area contributed by atoms with Crippen molar-refractivity contribution in [3.8, 4) is 0 Å². The van der Waals surface area contributed by atoms with Crippen molar-refractivity contribution in [1.29, 1.82) is 0 Å². The van der Waals surface area contributed by atoms with Crippen LogP contribution in [0.1, 0.15) is 30.5 Å². The van der Waals surface area contributed by atoms with E-state index in [9.17, 15) is 9.59 Å². The van der Waals surface area contributed by atoms with Crippen LogP contribution in [-0.4, -0.2) is 23.5 Å². The highest BCUT2D eigenvalue weighted by atomic mass is 35.5. The summed E-state index contributed by atoms with van der Waals surface area (Å²) in [6.07, 6.45) is 0.950. The molecule has 2 aromatic rings. The van der Waals surface area contributed by atoms with Gasteiger partial charge in [0.25, 0.3) is 0 Å². The van der Waals surface area contributed by atoms with Gasteiger partial charge in [-0.2, -0.15) is 0 Å². The highest BCUT2D eigenvalue weighted by molar-refractivity contribution is 7.13. The Bertz CT molecular complexity index is 745. The van der Waals surface area contributed by atoms with Gasteiger partial charge in [0.15, 0.2) is 5.13 Å². The third kappa shape index (κ3) is 4.13. The molecule has 3 rings (SSSR count). The van der Waals surface area contributed by atoms with Crippen LogP contribution in [0.5, 0.6) is 0 Å². The highest BCUT2D eigenvalue weighted by Gasteiger charge is 2.44. The fourth-order valence-corrected chi connectivity index (χ4v) is 3.41. The van der Waals surface area contributed by atoms with Crippen LogP contribution in [0.3, 0.4) is 0 Å². The third-order valence-electron chi connectivity index (χ3n) is 3.84. The molecule has 1 aliphatic rings. The van der Waals surface area contributed by atoms with Crippen molar-refractivity contribution in [1.82, 2.24) is 4.98 Å². The van der Waals surface area contributed by atoms with E-state index in [-0.39, 0.29) is 30.1 Å². The van der Waals surface area contributed by atoms with Crippen molar-refractivity contribution in [3.63, 3.8) is 0 Å². The molecule has 1 heterocycles. The monoisotopic (exact) mass is 364 g/mol. The predicted molar refractivity (Wildman–Crippen MR) is 93.4 cm³/mol. The van der Waals surface area contributed by atoms with Crippen LogP contribution in [0, 0.1) is 5.92 Å². The summed E-state index contributed by atoms with van der Waals surface area (Å²) in [7, 11) is 0.